The van der Waals surface area contributed by atoms with E-state index in [2.05, 4.69) is 47.9 Å². The zero-order valence-electron chi connectivity index (χ0n) is 49.2. The van der Waals surface area contributed by atoms with Crippen LogP contribution in [0.3, 0.4) is 0 Å². The highest BCUT2D eigenvalue weighted by molar-refractivity contribution is 7.84. The third-order valence-corrected chi connectivity index (χ3v) is 14.3. The third-order valence-electron chi connectivity index (χ3n) is 13.5. The van der Waals surface area contributed by atoms with Gasteiger partial charge < -0.3 is 64.4 Å². The Bertz CT molecular complexity index is 2040. The van der Waals surface area contributed by atoms with E-state index in [-0.39, 0.29) is 55.4 Å². The molecule has 23 nitrogen and oxygen atoms in total. The van der Waals surface area contributed by atoms with Gasteiger partial charge in [-0.3, -0.25) is 52.2 Å². The molecule has 0 aliphatic carbocycles. The van der Waals surface area contributed by atoms with Gasteiger partial charge in [-0.25, -0.2) is 0 Å². The third kappa shape index (κ3) is 26.1. The maximum atomic E-state index is 14.3. The first-order valence-electron chi connectivity index (χ1n) is 27.7. The highest BCUT2D eigenvalue weighted by atomic mass is 32.2. The molecule has 24 heteroatoms. The second kappa shape index (κ2) is 37.5. The summed E-state index contributed by atoms with van der Waals surface area (Å²) in [5.41, 5.74) is 11.3. The van der Waals surface area contributed by atoms with Crippen molar-refractivity contribution >= 4 is 69.7 Å². The SMILES string of the molecule is CC=C(NC(=O)[C@@H](O)[C@@H](C)CC)C(=O)NC(CCS(C)=O)C(=O)N[C@H](CCCN)C(=O)N[C@H](C(=O)N[C@H](C(=O)N[C@H](C(=O)NC(CCCCN)C(=O)N[C@H](C(=O)NC(CC(C)C)C(C)=O)C(C)C)C(C)C)C(C)C)[C@@H](C)CC. The van der Waals surface area contributed by atoms with Crippen LogP contribution in [0.4, 0.5) is 0 Å². The maximum absolute atomic E-state index is 14.3. The summed E-state index contributed by atoms with van der Waals surface area (Å²) in [6.07, 6.45) is 3.80. The number of amides is 9. The van der Waals surface area contributed by atoms with Gasteiger partial charge in [0.25, 0.3) is 11.8 Å². The molecule has 9 amide bonds. The standard InChI is InChI=1S/C54H99N11O12S/c1-16-33(12)44(65-49(71)38(23-21-26-56)58-47(69)39(24-27-78(15)77)59-46(68)36(18-3)57-54(76)45(67)34(13)17-2)53(75)64-43(32(10)11)52(74)63-42(31(8)9)50(72)60-37(22-19-20-25-55)48(70)62-41(30(6)7)51(73)61-40(35(14)66)28-29(4)5/h18,29-34,37-45,67H,16-17,19-28,55-56H2,1-15H3,(H,57,76)(H,58,69)(H,59,68)(H,60,72)(H,61,73)(H,62,70)(H,63,74)(H,64,75)(H,65,71)/t33-,34-,37?,38+,39?,40?,41-,42-,43-,44-,45-,78?/m0/s1. The van der Waals surface area contributed by atoms with E-state index < -0.39 is 148 Å². The summed E-state index contributed by atoms with van der Waals surface area (Å²) < 4.78 is 12.2. The molecule has 78 heavy (non-hydrogen) atoms. The van der Waals surface area contributed by atoms with Crippen LogP contribution in [0.2, 0.25) is 0 Å². The molecule has 448 valence electrons. The summed E-state index contributed by atoms with van der Waals surface area (Å²) in [6.45, 7) is 24.3. The number of carbonyl (C=O) groups excluding carboxylic acids is 10. The van der Waals surface area contributed by atoms with E-state index in [4.69, 9.17) is 11.5 Å². The summed E-state index contributed by atoms with van der Waals surface area (Å²) in [7, 11) is -1.41. The molecule has 0 radical (unpaired) electrons. The van der Waals surface area contributed by atoms with E-state index in [1.54, 1.807) is 69.2 Å². The van der Waals surface area contributed by atoms with Gasteiger partial charge in [-0.05, 0) is 107 Å². The lowest BCUT2D eigenvalue weighted by Gasteiger charge is -2.31. The van der Waals surface area contributed by atoms with Crippen molar-refractivity contribution in [3.63, 3.8) is 0 Å². The Balaban J connectivity index is 6.65. The van der Waals surface area contributed by atoms with Crippen LogP contribution in [0.25, 0.3) is 0 Å². The molecule has 0 saturated heterocycles. The number of hydrogen-bond donors (Lipinski definition) is 12. The van der Waals surface area contributed by atoms with Crippen LogP contribution >= 0.6 is 0 Å². The minimum atomic E-state index is -1.41. The number of unbranched alkanes of at least 4 members (excludes halogenated alkanes) is 1. The molecule has 0 heterocycles. The highest BCUT2D eigenvalue weighted by Gasteiger charge is 2.38. The first kappa shape index (κ1) is 72.7. The lowest BCUT2D eigenvalue weighted by molar-refractivity contribution is -0.137. The van der Waals surface area contributed by atoms with Crippen molar-refractivity contribution in [2.24, 2.45) is 47.0 Å². The van der Waals surface area contributed by atoms with Gasteiger partial charge in [0.15, 0.2) is 5.78 Å². The van der Waals surface area contributed by atoms with E-state index >= 15 is 0 Å². The van der Waals surface area contributed by atoms with Gasteiger partial charge in [0.05, 0.1) is 6.04 Å². The number of Topliss-reactive ketones (excluding diaryl/α,β-unsaturated/α-hetero) is 1. The molecule has 0 saturated carbocycles. The summed E-state index contributed by atoms with van der Waals surface area (Å²) in [5, 5.41) is 34.5. The van der Waals surface area contributed by atoms with Gasteiger partial charge >= 0.3 is 0 Å². The summed E-state index contributed by atoms with van der Waals surface area (Å²) >= 11 is 0. The Hall–Kier alpha value is -5.33. The summed E-state index contributed by atoms with van der Waals surface area (Å²) in [5.74, 6) is -9.26. The Morgan fingerprint density at radius 1 is 0.500 bits per heavy atom. The fourth-order valence-electron chi connectivity index (χ4n) is 7.98. The fraction of sp³-hybridized carbons (Fsp3) is 0.778. The Labute approximate surface area is 466 Å². The molecule has 14 N–H and O–H groups in total. The minimum absolute atomic E-state index is 0.00576. The molecule has 0 aromatic carbocycles. The normalized spacial score (nSPS) is 16.4. The lowest BCUT2D eigenvalue weighted by Crippen LogP contribution is -2.62. The van der Waals surface area contributed by atoms with Crippen LogP contribution in [0.5, 0.6) is 0 Å². The Morgan fingerprint density at radius 2 is 0.885 bits per heavy atom. The molecule has 0 fully saturated rings. The smallest absolute Gasteiger partial charge is 0.268 e. The van der Waals surface area contributed by atoms with Crippen molar-refractivity contribution < 1.29 is 57.3 Å². The van der Waals surface area contributed by atoms with Crippen LogP contribution in [0.15, 0.2) is 11.8 Å². The van der Waals surface area contributed by atoms with E-state index in [0.29, 0.717) is 38.6 Å². The van der Waals surface area contributed by atoms with Crippen molar-refractivity contribution in [3.8, 4) is 0 Å². The molecular weight excluding hydrogens is 1030 g/mol. The van der Waals surface area contributed by atoms with Crippen molar-refractivity contribution in [3.05, 3.63) is 11.8 Å². The number of rotatable bonds is 38. The number of hydrogen-bond acceptors (Lipinski definition) is 14. The predicted octanol–water partition coefficient (Wildman–Crippen LogP) is 0.577. The van der Waals surface area contributed by atoms with Gasteiger partial charge in [0, 0.05) is 22.8 Å². The van der Waals surface area contributed by atoms with Crippen molar-refractivity contribution in [1.29, 1.82) is 0 Å². The van der Waals surface area contributed by atoms with Crippen LogP contribution in [-0.2, 0) is 58.7 Å². The Morgan fingerprint density at radius 3 is 1.29 bits per heavy atom. The first-order valence-corrected chi connectivity index (χ1v) is 29.4. The maximum Gasteiger partial charge on any atom is 0.268 e. The van der Waals surface area contributed by atoms with Crippen molar-refractivity contribution in [2.75, 3.05) is 25.1 Å². The predicted molar refractivity (Wildman–Crippen MR) is 302 cm³/mol. The molecular formula is C54H99N11O12S. The van der Waals surface area contributed by atoms with E-state index in [1.807, 2.05) is 13.8 Å². The minimum Gasteiger partial charge on any atom is -0.383 e. The topological polar surface area (TPSA) is 368 Å². The Kier molecular flexibility index (Phi) is 35.0. The second-order valence-corrected chi connectivity index (χ2v) is 23.4. The largest absolute Gasteiger partial charge is 0.383 e. The first-order chi connectivity index (χ1) is 36.4. The number of ketones is 1. The molecule has 0 aromatic rings. The number of carbonyl (C=O) groups is 10. The van der Waals surface area contributed by atoms with Crippen LogP contribution in [0, 0.1) is 35.5 Å². The van der Waals surface area contributed by atoms with Crippen molar-refractivity contribution in [2.45, 2.75) is 209 Å². The molecule has 0 aromatic heterocycles. The monoisotopic (exact) mass is 1130 g/mol. The zero-order chi connectivity index (χ0) is 60.1. The van der Waals surface area contributed by atoms with E-state index in [9.17, 15) is 57.3 Å². The van der Waals surface area contributed by atoms with Crippen molar-refractivity contribution in [1.82, 2.24) is 47.9 Å². The molecule has 0 bridgehead atoms. The van der Waals surface area contributed by atoms with Gasteiger partial charge in [-0.1, -0.05) is 102 Å². The molecule has 0 spiro atoms. The quantitative estimate of drug-likeness (QED) is 0.0297. The molecule has 0 aliphatic rings. The second-order valence-electron chi connectivity index (χ2n) is 21.8. The number of aliphatic hydroxyl groups excluding tert-OH is 1. The molecule has 0 rings (SSSR count). The zero-order valence-corrected chi connectivity index (χ0v) is 50.0. The molecule has 4 unspecified atom stereocenters. The number of nitrogens with two attached hydrogens (primary N) is 2. The van der Waals surface area contributed by atoms with Crippen LogP contribution in [0.1, 0.15) is 155 Å². The van der Waals surface area contributed by atoms with Crippen LogP contribution < -0.4 is 59.3 Å². The molecule has 0 aliphatic heterocycles. The van der Waals surface area contributed by atoms with E-state index in [1.165, 1.54) is 26.2 Å². The lowest BCUT2D eigenvalue weighted by atomic mass is 9.95. The number of nitrogens with one attached hydrogen (secondary N) is 9. The van der Waals surface area contributed by atoms with Gasteiger partial charge in [-0.2, -0.15) is 0 Å². The number of allylic oxidation sites excluding steroid dienone is 1. The average molecular weight is 1130 g/mol. The van der Waals surface area contributed by atoms with Gasteiger partial charge in [-0.15, -0.1) is 0 Å². The molecule has 12 atom stereocenters. The van der Waals surface area contributed by atoms with Gasteiger partial charge in [0.1, 0.15) is 54.1 Å². The average Bonchev–Trinajstić information content (AvgIpc) is 3.37. The van der Waals surface area contributed by atoms with Crippen LogP contribution in [-0.4, -0.2) is 148 Å². The van der Waals surface area contributed by atoms with E-state index in [0.717, 1.165) is 0 Å². The fourth-order valence-corrected chi connectivity index (χ4v) is 8.55. The van der Waals surface area contributed by atoms with Gasteiger partial charge in [0.2, 0.25) is 41.4 Å². The highest BCUT2D eigenvalue weighted by Crippen LogP contribution is 2.15. The number of aliphatic hydroxyl groups is 1. The summed E-state index contributed by atoms with van der Waals surface area (Å²) in [6, 6.07) is -9.32. The summed E-state index contributed by atoms with van der Waals surface area (Å²) in [4.78, 5) is 137.